The Hall–Kier alpha value is -3.22. The molecule has 2 aromatic rings. The molecule has 38 heavy (non-hydrogen) atoms. The number of rotatable bonds is 14. The fourth-order valence-electron chi connectivity index (χ4n) is 3.34. The molecule has 0 spiro atoms. The van der Waals surface area contributed by atoms with Crippen LogP contribution in [0.25, 0.3) is 0 Å². The van der Waals surface area contributed by atoms with E-state index in [1.807, 2.05) is 6.92 Å². The Morgan fingerprint density at radius 1 is 1.18 bits per heavy atom. The van der Waals surface area contributed by atoms with Gasteiger partial charge in [-0.15, -0.1) is 0 Å². The van der Waals surface area contributed by atoms with Gasteiger partial charge in [-0.05, 0) is 51.1 Å². The van der Waals surface area contributed by atoms with Crippen molar-refractivity contribution in [2.24, 2.45) is 0 Å². The molecule has 2 heterocycles. The zero-order valence-corrected chi connectivity index (χ0v) is 22.5. The molecular formula is C24H32N3O10P. The predicted octanol–water partition coefficient (Wildman–Crippen LogP) is 2.07. The molecule has 0 amide bonds. The van der Waals surface area contributed by atoms with E-state index in [4.69, 9.17) is 28.0 Å². The van der Waals surface area contributed by atoms with Gasteiger partial charge in [-0.2, -0.15) is 5.09 Å². The number of carbonyl (C=O) groups is 1. The van der Waals surface area contributed by atoms with E-state index in [2.05, 4.69) is 10.1 Å². The van der Waals surface area contributed by atoms with Crippen molar-refractivity contribution in [3.63, 3.8) is 0 Å². The molecule has 1 aliphatic rings. The highest BCUT2D eigenvalue weighted by atomic mass is 31.2. The predicted molar refractivity (Wildman–Crippen MR) is 136 cm³/mol. The second kappa shape index (κ2) is 13.5. The van der Waals surface area contributed by atoms with Crippen LogP contribution in [0.15, 0.2) is 52.2 Å². The highest BCUT2D eigenvalue weighted by Gasteiger charge is 2.34. The number of methoxy groups -OCH3 is 1. The van der Waals surface area contributed by atoms with Crippen molar-refractivity contribution in [2.45, 2.75) is 39.1 Å². The number of benzene rings is 1. The Morgan fingerprint density at radius 2 is 1.89 bits per heavy atom. The van der Waals surface area contributed by atoms with Gasteiger partial charge in [0.25, 0.3) is 5.56 Å². The van der Waals surface area contributed by atoms with E-state index in [1.165, 1.54) is 24.8 Å². The molecule has 208 valence electrons. The maximum Gasteiger partial charge on any atom is 0.459 e. The summed E-state index contributed by atoms with van der Waals surface area (Å²) in [6, 6.07) is 5.34. The van der Waals surface area contributed by atoms with E-state index >= 15 is 0 Å². The number of carbonyl (C=O) groups excluding carboxylic acids is 1. The monoisotopic (exact) mass is 553 g/mol. The number of aromatic nitrogens is 2. The van der Waals surface area contributed by atoms with Crippen LogP contribution in [0.1, 0.15) is 25.6 Å². The molecule has 13 nitrogen and oxygen atoms in total. The van der Waals surface area contributed by atoms with Gasteiger partial charge >= 0.3 is 19.4 Å². The standard InChI is InChI=1S/C24H32N3O10P/c1-5-33-12-13-34-18-6-8-19(9-7-18)37-38(31,26-17(3)23(29)32-4)35-15-20-10-11-21(36-20)27-14-16(2)22(28)25-24(27)30/h6-11,14,17,20-21H,5,12-13,15H2,1-4H3,(H,26,31)(H,25,28,30)/t17?,20-,21+,38?/m0/s1. The molecule has 2 N–H and O–H groups in total. The molecule has 0 radical (unpaired) electrons. The third kappa shape index (κ3) is 8.14. The Labute approximate surface area is 219 Å². The van der Waals surface area contributed by atoms with Gasteiger partial charge in [0.1, 0.15) is 30.3 Å². The van der Waals surface area contributed by atoms with E-state index < -0.39 is 43.3 Å². The normalized spacial score (nSPS) is 19.1. The number of nitrogens with zero attached hydrogens (tertiary/aromatic N) is 1. The molecular weight excluding hydrogens is 521 g/mol. The summed E-state index contributed by atoms with van der Waals surface area (Å²) in [5, 5.41) is 2.56. The first kappa shape index (κ1) is 29.3. The molecule has 2 unspecified atom stereocenters. The van der Waals surface area contributed by atoms with Crippen molar-refractivity contribution in [3.05, 3.63) is 69.0 Å². The average Bonchev–Trinajstić information content (AvgIpc) is 3.37. The lowest BCUT2D eigenvalue weighted by Crippen LogP contribution is -2.35. The zero-order valence-electron chi connectivity index (χ0n) is 21.6. The summed E-state index contributed by atoms with van der Waals surface area (Å²) in [5.74, 6) is 0.0957. The topological polar surface area (TPSA) is 156 Å². The molecule has 1 aromatic carbocycles. The number of nitrogens with one attached hydrogen (secondary N) is 2. The van der Waals surface area contributed by atoms with Crippen LogP contribution in [0.3, 0.4) is 0 Å². The minimum Gasteiger partial charge on any atom is -0.491 e. The van der Waals surface area contributed by atoms with Crippen LogP contribution in [0.5, 0.6) is 11.5 Å². The van der Waals surface area contributed by atoms with Crippen molar-refractivity contribution < 1.29 is 37.4 Å². The lowest BCUT2D eigenvalue weighted by Gasteiger charge is -2.24. The lowest BCUT2D eigenvalue weighted by molar-refractivity contribution is -0.142. The minimum atomic E-state index is -4.12. The molecule has 1 aliphatic heterocycles. The summed E-state index contributed by atoms with van der Waals surface area (Å²) < 4.78 is 47.4. The quantitative estimate of drug-likeness (QED) is 0.153. The van der Waals surface area contributed by atoms with Crippen LogP contribution in [0.4, 0.5) is 0 Å². The van der Waals surface area contributed by atoms with Crippen LogP contribution >= 0.6 is 7.75 Å². The summed E-state index contributed by atoms with van der Waals surface area (Å²) in [4.78, 5) is 38.0. The Balaban J connectivity index is 1.66. The molecule has 0 bridgehead atoms. The number of hydrogen-bond donors (Lipinski definition) is 2. The summed E-state index contributed by atoms with van der Waals surface area (Å²) in [6.07, 6.45) is 3.11. The lowest BCUT2D eigenvalue weighted by atomic mass is 10.3. The Morgan fingerprint density at radius 3 is 2.58 bits per heavy atom. The van der Waals surface area contributed by atoms with Crippen molar-refractivity contribution in [3.8, 4) is 11.5 Å². The molecule has 0 saturated heterocycles. The number of hydrogen-bond acceptors (Lipinski definition) is 10. The van der Waals surface area contributed by atoms with Gasteiger partial charge in [0.15, 0.2) is 6.23 Å². The van der Waals surface area contributed by atoms with Crippen LogP contribution in [-0.4, -0.2) is 61.2 Å². The molecule has 0 fully saturated rings. The summed E-state index contributed by atoms with van der Waals surface area (Å²) in [5.41, 5.74) is -0.780. The molecule has 4 atom stereocenters. The van der Waals surface area contributed by atoms with Gasteiger partial charge < -0.3 is 23.5 Å². The summed E-state index contributed by atoms with van der Waals surface area (Å²) in [7, 11) is -2.92. The highest BCUT2D eigenvalue weighted by Crippen LogP contribution is 2.45. The van der Waals surface area contributed by atoms with Gasteiger partial charge in [0.2, 0.25) is 0 Å². The van der Waals surface area contributed by atoms with Gasteiger partial charge in [-0.25, -0.2) is 9.36 Å². The van der Waals surface area contributed by atoms with E-state index in [1.54, 1.807) is 43.3 Å². The molecule has 0 saturated carbocycles. The SMILES string of the molecule is CCOCCOc1ccc(OP(=O)(NC(C)C(=O)OC)OC[C@@H]2C=C[C@H](n3cc(C)c(=O)[nH]c3=O)O2)cc1. The van der Waals surface area contributed by atoms with Gasteiger partial charge in [-0.3, -0.25) is 23.7 Å². The zero-order chi connectivity index (χ0) is 27.7. The maximum absolute atomic E-state index is 13.6. The van der Waals surface area contributed by atoms with E-state index in [9.17, 15) is 18.9 Å². The highest BCUT2D eigenvalue weighted by molar-refractivity contribution is 7.52. The van der Waals surface area contributed by atoms with E-state index in [0.717, 1.165) is 0 Å². The van der Waals surface area contributed by atoms with Crippen molar-refractivity contribution >= 4 is 13.7 Å². The van der Waals surface area contributed by atoms with Crippen LogP contribution in [-0.2, 0) is 28.1 Å². The third-order valence-corrected chi connectivity index (χ3v) is 6.93. The first-order valence-corrected chi connectivity index (χ1v) is 13.4. The minimum absolute atomic E-state index is 0.200. The van der Waals surface area contributed by atoms with Crippen molar-refractivity contribution in [1.82, 2.24) is 14.6 Å². The Kier molecular flexibility index (Phi) is 10.5. The number of H-pyrrole nitrogens is 1. The van der Waals surface area contributed by atoms with Gasteiger partial charge in [-0.1, -0.05) is 6.08 Å². The fraction of sp³-hybridized carbons (Fsp3) is 0.458. The number of ether oxygens (including phenoxy) is 4. The first-order chi connectivity index (χ1) is 18.1. The molecule has 0 aliphatic carbocycles. The van der Waals surface area contributed by atoms with Gasteiger partial charge in [0, 0.05) is 18.4 Å². The summed E-state index contributed by atoms with van der Waals surface area (Å²) in [6.45, 7) is 6.08. The number of aryl methyl sites for hydroxylation is 1. The van der Waals surface area contributed by atoms with E-state index in [0.29, 0.717) is 31.1 Å². The third-order valence-electron chi connectivity index (χ3n) is 5.29. The van der Waals surface area contributed by atoms with Crippen molar-refractivity contribution in [2.75, 3.05) is 33.5 Å². The Bertz CT molecular complexity index is 1270. The van der Waals surface area contributed by atoms with Crippen LogP contribution < -0.4 is 25.6 Å². The molecule has 3 rings (SSSR count). The number of aromatic amines is 1. The smallest absolute Gasteiger partial charge is 0.459 e. The van der Waals surface area contributed by atoms with E-state index in [-0.39, 0.29) is 12.4 Å². The van der Waals surface area contributed by atoms with Crippen molar-refractivity contribution in [1.29, 1.82) is 0 Å². The summed E-state index contributed by atoms with van der Waals surface area (Å²) >= 11 is 0. The fourth-order valence-corrected chi connectivity index (χ4v) is 4.85. The van der Waals surface area contributed by atoms with Gasteiger partial charge in [0.05, 0.1) is 20.3 Å². The van der Waals surface area contributed by atoms with Crippen LogP contribution in [0.2, 0.25) is 0 Å². The van der Waals surface area contributed by atoms with Crippen LogP contribution in [0, 0.1) is 6.92 Å². The second-order valence-electron chi connectivity index (χ2n) is 8.20. The average molecular weight is 554 g/mol. The largest absolute Gasteiger partial charge is 0.491 e. The molecule has 1 aromatic heterocycles. The molecule has 14 heteroatoms. The maximum atomic E-state index is 13.6. The number of esters is 1. The second-order valence-corrected chi connectivity index (χ2v) is 9.90. The first-order valence-electron chi connectivity index (χ1n) is 11.9.